The molecule has 1 amide bonds. The van der Waals surface area contributed by atoms with Crippen LogP contribution in [0.4, 0.5) is 0 Å². The van der Waals surface area contributed by atoms with Crippen molar-refractivity contribution < 1.29 is 9.59 Å². The van der Waals surface area contributed by atoms with Gasteiger partial charge in [0.2, 0.25) is 5.91 Å². The van der Waals surface area contributed by atoms with E-state index in [1.54, 1.807) is 0 Å². The highest BCUT2D eigenvalue weighted by Crippen LogP contribution is 2.11. The number of amides is 1. The molecule has 0 spiro atoms. The number of carbonyl (C=O) groups is 2. The molecule has 3 nitrogen and oxygen atoms in total. The summed E-state index contributed by atoms with van der Waals surface area (Å²) in [6.45, 7) is 5.92. The number of aldehydes is 1. The highest BCUT2D eigenvalue weighted by atomic mass is 16.1. The Morgan fingerprint density at radius 2 is 2.06 bits per heavy atom. The lowest BCUT2D eigenvalue weighted by atomic mass is 9.94. The van der Waals surface area contributed by atoms with Crippen LogP contribution in [0.3, 0.4) is 0 Å². The molecule has 0 aliphatic carbocycles. The standard InChI is InChI=1S/C13H23NO2/c1-4-7-9-13(16)14-12(8-5-2)11(6-3)10-15/h4,7,10-12H,5-6,8-9H2,1-3H3,(H,14,16)/b7-4+/t11-,12?/m1/s1. The van der Waals surface area contributed by atoms with E-state index in [2.05, 4.69) is 12.2 Å². The Bertz CT molecular complexity index is 236. The number of carbonyl (C=O) groups excluding carboxylic acids is 2. The van der Waals surface area contributed by atoms with Crippen molar-refractivity contribution in [2.45, 2.75) is 52.5 Å². The Morgan fingerprint density at radius 1 is 1.38 bits per heavy atom. The third-order valence-corrected chi connectivity index (χ3v) is 2.65. The highest BCUT2D eigenvalue weighted by molar-refractivity contribution is 5.78. The summed E-state index contributed by atoms with van der Waals surface area (Å²) in [6, 6.07) is -0.00902. The first kappa shape index (κ1) is 14.9. The summed E-state index contributed by atoms with van der Waals surface area (Å²) in [5.74, 6) is -0.0636. The van der Waals surface area contributed by atoms with E-state index in [4.69, 9.17) is 0 Å². The molecule has 0 aromatic rings. The Morgan fingerprint density at radius 3 is 2.50 bits per heavy atom. The molecule has 0 aromatic heterocycles. The zero-order chi connectivity index (χ0) is 12.4. The summed E-state index contributed by atoms with van der Waals surface area (Å²) in [4.78, 5) is 22.4. The molecule has 92 valence electrons. The minimum atomic E-state index is -0.0606. The summed E-state index contributed by atoms with van der Waals surface area (Å²) < 4.78 is 0. The van der Waals surface area contributed by atoms with E-state index in [1.165, 1.54) is 0 Å². The van der Waals surface area contributed by atoms with E-state index in [-0.39, 0.29) is 17.9 Å². The Labute approximate surface area is 98.3 Å². The van der Waals surface area contributed by atoms with Crippen LogP contribution in [0.25, 0.3) is 0 Å². The van der Waals surface area contributed by atoms with Gasteiger partial charge >= 0.3 is 0 Å². The summed E-state index contributed by atoms with van der Waals surface area (Å²) in [5, 5.41) is 2.93. The molecule has 0 aliphatic heterocycles. The smallest absolute Gasteiger partial charge is 0.224 e. The molecule has 0 rings (SSSR count). The topological polar surface area (TPSA) is 46.2 Å². The second-order valence-corrected chi connectivity index (χ2v) is 3.94. The molecule has 3 heteroatoms. The summed E-state index contributed by atoms with van der Waals surface area (Å²) in [7, 11) is 0. The molecule has 0 fully saturated rings. The van der Waals surface area contributed by atoms with Crippen LogP contribution < -0.4 is 5.32 Å². The van der Waals surface area contributed by atoms with Gasteiger partial charge in [0, 0.05) is 18.4 Å². The van der Waals surface area contributed by atoms with E-state index < -0.39 is 0 Å². The Kier molecular flexibility index (Phi) is 8.49. The maximum Gasteiger partial charge on any atom is 0.224 e. The van der Waals surface area contributed by atoms with Gasteiger partial charge in [-0.05, 0) is 19.8 Å². The average Bonchev–Trinajstić information content (AvgIpc) is 2.28. The van der Waals surface area contributed by atoms with E-state index >= 15 is 0 Å². The minimum Gasteiger partial charge on any atom is -0.352 e. The van der Waals surface area contributed by atoms with Crippen molar-refractivity contribution in [1.82, 2.24) is 5.32 Å². The average molecular weight is 225 g/mol. The molecule has 0 heterocycles. The number of nitrogens with one attached hydrogen (secondary N) is 1. The zero-order valence-electron chi connectivity index (χ0n) is 10.5. The lowest BCUT2D eigenvalue weighted by Crippen LogP contribution is -2.40. The third-order valence-electron chi connectivity index (χ3n) is 2.65. The van der Waals surface area contributed by atoms with Crippen molar-refractivity contribution in [3.63, 3.8) is 0 Å². The van der Waals surface area contributed by atoms with Crippen molar-refractivity contribution in [3.8, 4) is 0 Å². The van der Waals surface area contributed by atoms with Crippen LogP contribution in [-0.2, 0) is 9.59 Å². The van der Waals surface area contributed by atoms with Crippen LogP contribution in [0.2, 0.25) is 0 Å². The Balaban J connectivity index is 4.30. The molecule has 1 N–H and O–H groups in total. The number of hydrogen-bond donors (Lipinski definition) is 1. The molecular weight excluding hydrogens is 202 g/mol. The number of allylic oxidation sites excluding steroid dienone is 1. The van der Waals surface area contributed by atoms with E-state index in [0.717, 1.165) is 25.5 Å². The second-order valence-electron chi connectivity index (χ2n) is 3.94. The fraction of sp³-hybridized carbons (Fsp3) is 0.692. The van der Waals surface area contributed by atoms with Gasteiger partial charge in [-0.2, -0.15) is 0 Å². The monoisotopic (exact) mass is 225 g/mol. The van der Waals surface area contributed by atoms with Crippen molar-refractivity contribution in [3.05, 3.63) is 12.2 Å². The normalized spacial score (nSPS) is 14.7. The van der Waals surface area contributed by atoms with Gasteiger partial charge in [0.1, 0.15) is 6.29 Å². The molecule has 0 aromatic carbocycles. The van der Waals surface area contributed by atoms with Gasteiger partial charge in [0.25, 0.3) is 0 Å². The first-order chi connectivity index (χ1) is 7.69. The largest absolute Gasteiger partial charge is 0.352 e. The first-order valence-corrected chi connectivity index (χ1v) is 6.05. The van der Waals surface area contributed by atoms with Crippen molar-refractivity contribution >= 4 is 12.2 Å². The van der Waals surface area contributed by atoms with Crippen LogP contribution in [0, 0.1) is 5.92 Å². The van der Waals surface area contributed by atoms with Crippen molar-refractivity contribution in [2.75, 3.05) is 0 Å². The zero-order valence-corrected chi connectivity index (χ0v) is 10.5. The lowest BCUT2D eigenvalue weighted by Gasteiger charge is -2.22. The van der Waals surface area contributed by atoms with Gasteiger partial charge in [-0.1, -0.05) is 32.4 Å². The molecule has 0 saturated heterocycles. The van der Waals surface area contributed by atoms with Gasteiger partial charge in [0.15, 0.2) is 0 Å². The predicted molar refractivity (Wildman–Crippen MR) is 66.1 cm³/mol. The van der Waals surface area contributed by atoms with Crippen LogP contribution in [0.1, 0.15) is 46.5 Å². The van der Waals surface area contributed by atoms with E-state index in [9.17, 15) is 9.59 Å². The van der Waals surface area contributed by atoms with Gasteiger partial charge in [-0.3, -0.25) is 4.79 Å². The Hall–Kier alpha value is -1.12. The first-order valence-electron chi connectivity index (χ1n) is 6.05. The summed E-state index contributed by atoms with van der Waals surface area (Å²) in [6.07, 6.45) is 7.63. The molecular formula is C13H23NO2. The molecule has 2 atom stereocenters. The van der Waals surface area contributed by atoms with Gasteiger partial charge in [-0.15, -0.1) is 0 Å². The highest BCUT2D eigenvalue weighted by Gasteiger charge is 2.19. The van der Waals surface area contributed by atoms with Crippen molar-refractivity contribution in [1.29, 1.82) is 0 Å². The van der Waals surface area contributed by atoms with Crippen LogP contribution in [0.15, 0.2) is 12.2 Å². The van der Waals surface area contributed by atoms with Crippen LogP contribution in [0.5, 0.6) is 0 Å². The lowest BCUT2D eigenvalue weighted by molar-refractivity contribution is -0.121. The van der Waals surface area contributed by atoms with Crippen molar-refractivity contribution in [2.24, 2.45) is 5.92 Å². The third kappa shape index (κ3) is 5.69. The maximum absolute atomic E-state index is 11.5. The fourth-order valence-corrected chi connectivity index (χ4v) is 1.67. The minimum absolute atomic E-state index is 0.00292. The van der Waals surface area contributed by atoms with Gasteiger partial charge in [0.05, 0.1) is 0 Å². The van der Waals surface area contributed by atoms with E-state index in [0.29, 0.717) is 6.42 Å². The quantitative estimate of drug-likeness (QED) is 0.509. The molecule has 0 aliphatic rings. The van der Waals surface area contributed by atoms with Gasteiger partial charge in [-0.25, -0.2) is 0 Å². The van der Waals surface area contributed by atoms with Gasteiger partial charge < -0.3 is 10.1 Å². The molecule has 1 unspecified atom stereocenters. The summed E-state index contributed by atoms with van der Waals surface area (Å²) in [5.41, 5.74) is 0. The summed E-state index contributed by atoms with van der Waals surface area (Å²) >= 11 is 0. The maximum atomic E-state index is 11.5. The van der Waals surface area contributed by atoms with Crippen LogP contribution >= 0.6 is 0 Å². The molecule has 0 saturated carbocycles. The SMILES string of the molecule is C/C=C/CC(=O)NC(CCC)[C@@H](C=O)CC. The van der Waals surface area contributed by atoms with E-state index in [1.807, 2.05) is 26.0 Å². The molecule has 0 bridgehead atoms. The fourth-order valence-electron chi connectivity index (χ4n) is 1.67. The molecule has 16 heavy (non-hydrogen) atoms. The number of hydrogen-bond acceptors (Lipinski definition) is 2. The predicted octanol–water partition coefficient (Wildman–Crippen LogP) is 2.46. The molecule has 0 radical (unpaired) electrons. The number of rotatable bonds is 8. The van der Waals surface area contributed by atoms with Crippen LogP contribution in [-0.4, -0.2) is 18.2 Å². The second kappa shape index (κ2) is 9.13.